The van der Waals surface area contributed by atoms with E-state index in [0.29, 0.717) is 13.1 Å². The fourth-order valence-electron chi connectivity index (χ4n) is 1.31. The Bertz CT molecular complexity index is 185. The summed E-state index contributed by atoms with van der Waals surface area (Å²) in [6.45, 7) is 2.28. The van der Waals surface area contributed by atoms with Gasteiger partial charge in [0.25, 0.3) is 0 Å². The Kier molecular flexibility index (Phi) is 3.08. The molecule has 1 saturated heterocycles. The van der Waals surface area contributed by atoms with Gasteiger partial charge in [-0.05, 0) is 19.3 Å². The fourth-order valence-corrected chi connectivity index (χ4v) is 1.31. The normalized spacial score (nSPS) is 22.2. The molecule has 1 atom stereocenters. The summed E-state index contributed by atoms with van der Waals surface area (Å²) in [4.78, 5) is 12.7. The number of ether oxygens (including phenoxy) is 1. The first kappa shape index (κ1) is 10.2. The van der Waals surface area contributed by atoms with Crippen molar-refractivity contribution in [3.05, 3.63) is 0 Å². The van der Waals surface area contributed by atoms with Crippen LogP contribution in [0.2, 0.25) is 0 Å². The van der Waals surface area contributed by atoms with Gasteiger partial charge in [-0.25, -0.2) is 4.79 Å². The van der Waals surface area contributed by atoms with Crippen molar-refractivity contribution in [1.82, 2.24) is 4.90 Å². The highest BCUT2D eigenvalue weighted by Crippen LogP contribution is 2.12. The zero-order chi connectivity index (χ0) is 9.90. The number of nitrogens with two attached hydrogens (primary N) is 1. The number of amides is 1. The van der Waals surface area contributed by atoms with Gasteiger partial charge in [0.1, 0.15) is 0 Å². The quantitative estimate of drug-likeness (QED) is 0.499. The van der Waals surface area contributed by atoms with Gasteiger partial charge in [-0.1, -0.05) is 0 Å². The van der Waals surface area contributed by atoms with Crippen molar-refractivity contribution in [3.8, 4) is 0 Å². The molecule has 1 amide bonds. The number of likely N-dealkylation sites (tertiary alicyclic amines) is 1. The second-order valence-corrected chi connectivity index (χ2v) is 3.40. The van der Waals surface area contributed by atoms with E-state index in [2.05, 4.69) is 4.74 Å². The lowest BCUT2D eigenvalue weighted by Gasteiger charge is -2.27. The Hall–Kier alpha value is -0.840. The largest absolute Gasteiger partial charge is 0.413 e. The second kappa shape index (κ2) is 3.91. The molecule has 1 rings (SSSR count). The average molecular weight is 190 g/mol. The van der Waals surface area contributed by atoms with Crippen LogP contribution in [-0.4, -0.2) is 30.1 Å². The van der Waals surface area contributed by atoms with Gasteiger partial charge < -0.3 is 9.64 Å². The van der Waals surface area contributed by atoms with Crippen molar-refractivity contribution in [3.63, 3.8) is 0 Å². The Morgan fingerprint density at radius 2 is 2.00 bits per heavy atom. The number of carbonyl (C=O) groups is 1. The van der Waals surface area contributed by atoms with Gasteiger partial charge in [-0.2, -0.15) is 4.39 Å². The van der Waals surface area contributed by atoms with Crippen molar-refractivity contribution in [2.75, 3.05) is 13.1 Å². The molecule has 0 radical (unpaired) electrons. The highest BCUT2D eigenvalue weighted by Gasteiger charge is 2.26. The third kappa shape index (κ3) is 3.59. The van der Waals surface area contributed by atoms with Crippen LogP contribution in [-0.2, 0) is 4.74 Å². The molecule has 2 N–H and O–H groups in total. The molecule has 1 unspecified atom stereocenters. The molecule has 1 fully saturated rings. The van der Waals surface area contributed by atoms with E-state index in [4.69, 9.17) is 5.73 Å². The van der Waals surface area contributed by atoms with Crippen LogP contribution in [0.1, 0.15) is 26.2 Å². The van der Waals surface area contributed by atoms with Crippen molar-refractivity contribution >= 4 is 6.09 Å². The summed E-state index contributed by atoms with van der Waals surface area (Å²) in [5, 5.41) is 0. The molecule has 13 heavy (non-hydrogen) atoms. The van der Waals surface area contributed by atoms with Crippen LogP contribution >= 0.6 is 0 Å². The van der Waals surface area contributed by atoms with Gasteiger partial charge in [-0.3, -0.25) is 5.73 Å². The number of hydrogen-bond donors (Lipinski definition) is 1. The van der Waals surface area contributed by atoms with E-state index in [-0.39, 0.29) is 0 Å². The smallest absolute Gasteiger partial charge is 0.398 e. The Labute approximate surface area is 76.8 Å². The lowest BCUT2D eigenvalue weighted by Crippen LogP contribution is -2.44. The zero-order valence-electron chi connectivity index (χ0n) is 7.75. The van der Waals surface area contributed by atoms with E-state index < -0.39 is 12.1 Å². The molecule has 0 aromatic carbocycles. The predicted molar refractivity (Wildman–Crippen MR) is 45.6 cm³/mol. The van der Waals surface area contributed by atoms with Gasteiger partial charge in [0.15, 0.2) is 0 Å². The summed E-state index contributed by atoms with van der Waals surface area (Å²) < 4.78 is 17.1. The van der Waals surface area contributed by atoms with Gasteiger partial charge in [0.2, 0.25) is 0 Å². The number of piperidine rings is 1. The lowest BCUT2D eigenvalue weighted by atomic mass is 10.1. The molecule has 1 aliphatic heterocycles. The summed E-state index contributed by atoms with van der Waals surface area (Å²) in [6.07, 6.45) is 2.34. The summed E-state index contributed by atoms with van der Waals surface area (Å²) >= 11 is 0. The minimum absolute atomic E-state index is 0.634. The highest BCUT2D eigenvalue weighted by atomic mass is 19.2. The molecule has 4 nitrogen and oxygen atoms in total. The van der Waals surface area contributed by atoms with E-state index in [0.717, 1.165) is 26.2 Å². The molecule has 1 heterocycles. The average Bonchev–Trinajstić information content (AvgIpc) is 2.03. The maximum atomic E-state index is 12.7. The Balaban J connectivity index is 2.38. The number of halogens is 1. The summed E-state index contributed by atoms with van der Waals surface area (Å²) in [5.74, 6) is -2.37. The summed E-state index contributed by atoms with van der Waals surface area (Å²) in [6, 6.07) is 0. The molecule has 76 valence electrons. The lowest BCUT2D eigenvalue weighted by molar-refractivity contribution is -0.0872. The minimum Gasteiger partial charge on any atom is -0.398 e. The van der Waals surface area contributed by atoms with Crippen molar-refractivity contribution in [1.29, 1.82) is 0 Å². The van der Waals surface area contributed by atoms with Crippen LogP contribution in [0.3, 0.4) is 0 Å². The summed E-state index contributed by atoms with van der Waals surface area (Å²) in [7, 11) is 0. The first-order chi connectivity index (χ1) is 5.99. The molecule has 5 heteroatoms. The molecule has 0 spiro atoms. The topological polar surface area (TPSA) is 55.6 Å². The molecule has 0 aliphatic carbocycles. The van der Waals surface area contributed by atoms with E-state index >= 15 is 0 Å². The monoisotopic (exact) mass is 190 g/mol. The molecule has 1 aliphatic rings. The van der Waals surface area contributed by atoms with Gasteiger partial charge in [0.05, 0.1) is 0 Å². The SMILES string of the molecule is CC(N)(F)OC(=O)N1CCCCC1. The molecular weight excluding hydrogens is 175 g/mol. The standard InChI is InChI=1S/C8H15FN2O2/c1-8(9,10)13-7(12)11-5-3-2-4-6-11/h2-6,10H2,1H3. The van der Waals surface area contributed by atoms with E-state index in [1.54, 1.807) is 0 Å². The van der Waals surface area contributed by atoms with Crippen LogP contribution < -0.4 is 5.73 Å². The first-order valence-electron chi connectivity index (χ1n) is 4.45. The number of alkyl halides is 1. The van der Waals surface area contributed by atoms with Crippen molar-refractivity contribution in [2.45, 2.75) is 32.2 Å². The van der Waals surface area contributed by atoms with E-state index in [1.807, 2.05) is 0 Å². The number of carbonyl (C=O) groups excluding carboxylic acids is 1. The minimum atomic E-state index is -2.37. The third-order valence-electron chi connectivity index (χ3n) is 1.90. The van der Waals surface area contributed by atoms with Crippen molar-refractivity contribution < 1.29 is 13.9 Å². The van der Waals surface area contributed by atoms with Crippen LogP contribution in [0.5, 0.6) is 0 Å². The highest BCUT2D eigenvalue weighted by molar-refractivity contribution is 5.68. The third-order valence-corrected chi connectivity index (χ3v) is 1.90. The maximum absolute atomic E-state index is 12.7. The van der Waals surface area contributed by atoms with Crippen LogP contribution in [0.25, 0.3) is 0 Å². The fraction of sp³-hybridized carbons (Fsp3) is 0.875. The Morgan fingerprint density at radius 1 is 1.46 bits per heavy atom. The first-order valence-corrected chi connectivity index (χ1v) is 4.45. The van der Waals surface area contributed by atoms with E-state index in [9.17, 15) is 9.18 Å². The maximum Gasteiger partial charge on any atom is 0.413 e. The second-order valence-electron chi connectivity index (χ2n) is 3.40. The van der Waals surface area contributed by atoms with Crippen molar-refractivity contribution in [2.24, 2.45) is 5.73 Å². The molecule has 0 bridgehead atoms. The number of nitrogens with zero attached hydrogens (tertiary/aromatic N) is 1. The van der Waals surface area contributed by atoms with Gasteiger partial charge in [-0.15, -0.1) is 0 Å². The molecular formula is C8H15FN2O2. The summed E-state index contributed by atoms with van der Waals surface area (Å²) in [5.41, 5.74) is 4.91. The van der Waals surface area contributed by atoms with Crippen LogP contribution in [0.4, 0.5) is 9.18 Å². The predicted octanol–water partition coefficient (Wildman–Crippen LogP) is 1.21. The van der Waals surface area contributed by atoms with E-state index in [1.165, 1.54) is 4.90 Å². The molecule has 0 saturated carbocycles. The van der Waals surface area contributed by atoms with Crippen LogP contribution in [0.15, 0.2) is 0 Å². The number of hydrogen-bond acceptors (Lipinski definition) is 3. The number of rotatable bonds is 1. The Morgan fingerprint density at radius 3 is 2.46 bits per heavy atom. The molecule has 0 aromatic heterocycles. The van der Waals surface area contributed by atoms with Gasteiger partial charge in [0, 0.05) is 20.0 Å². The van der Waals surface area contributed by atoms with Crippen LogP contribution in [0, 0.1) is 0 Å². The molecule has 0 aromatic rings. The van der Waals surface area contributed by atoms with Gasteiger partial charge >= 0.3 is 12.1 Å². The zero-order valence-corrected chi connectivity index (χ0v) is 7.75.